The fraction of sp³-hybridized carbons (Fsp3) is 0.462. The molecule has 1 aromatic heterocycles. The van der Waals surface area contributed by atoms with Crippen molar-refractivity contribution in [2.75, 3.05) is 11.4 Å². The van der Waals surface area contributed by atoms with Crippen molar-refractivity contribution in [3.05, 3.63) is 23.4 Å². The van der Waals surface area contributed by atoms with Crippen LogP contribution >= 0.6 is 0 Å². The summed E-state index contributed by atoms with van der Waals surface area (Å²) in [6, 6.07) is 5.50. The minimum absolute atomic E-state index is 0.0162. The molecule has 0 bridgehead atoms. The molecule has 0 aliphatic heterocycles. The molecule has 5 nitrogen and oxygen atoms in total. The zero-order chi connectivity index (χ0) is 13.7. The van der Waals surface area contributed by atoms with Crippen molar-refractivity contribution in [1.82, 2.24) is 4.98 Å². The Morgan fingerprint density at radius 1 is 1.61 bits per heavy atom. The molecule has 0 spiro atoms. The quantitative estimate of drug-likeness (QED) is 0.860. The standard InChI is InChI=1S/C13H17N3O2/c1-4-10(3)16(8-12(17)18)13-11(7-14)6-5-9(2)15-13/h5-6,10H,4,8H2,1-3H3,(H,17,18). The predicted octanol–water partition coefficient (Wildman–Crippen LogP) is 1.95. The number of anilines is 1. The smallest absolute Gasteiger partial charge is 0.323 e. The molecule has 0 aliphatic carbocycles. The number of nitrogens with zero attached hydrogens (tertiary/aromatic N) is 3. The average molecular weight is 247 g/mol. The molecule has 0 radical (unpaired) electrons. The molecule has 0 saturated heterocycles. The molecule has 1 heterocycles. The van der Waals surface area contributed by atoms with Gasteiger partial charge in [-0.25, -0.2) is 4.98 Å². The van der Waals surface area contributed by atoms with Gasteiger partial charge < -0.3 is 10.0 Å². The van der Waals surface area contributed by atoms with Crippen molar-refractivity contribution in [3.8, 4) is 6.07 Å². The van der Waals surface area contributed by atoms with Gasteiger partial charge in [-0.05, 0) is 32.4 Å². The van der Waals surface area contributed by atoms with Gasteiger partial charge in [0.05, 0.1) is 5.56 Å². The van der Waals surface area contributed by atoms with Crippen molar-refractivity contribution in [1.29, 1.82) is 5.26 Å². The first-order valence-corrected chi connectivity index (χ1v) is 5.85. The molecule has 0 aromatic carbocycles. The number of aliphatic carboxylic acids is 1. The Bertz CT molecular complexity index is 480. The van der Waals surface area contributed by atoms with Crippen molar-refractivity contribution >= 4 is 11.8 Å². The highest BCUT2D eigenvalue weighted by molar-refractivity contribution is 5.74. The van der Waals surface area contributed by atoms with E-state index >= 15 is 0 Å². The van der Waals surface area contributed by atoms with Crippen molar-refractivity contribution in [3.63, 3.8) is 0 Å². The molecule has 1 unspecified atom stereocenters. The van der Waals surface area contributed by atoms with Crippen LogP contribution < -0.4 is 4.90 Å². The SMILES string of the molecule is CCC(C)N(CC(=O)O)c1nc(C)ccc1C#N. The first-order chi connectivity index (χ1) is 8.49. The number of pyridine rings is 1. The maximum atomic E-state index is 10.9. The van der Waals surface area contributed by atoms with E-state index in [0.717, 1.165) is 12.1 Å². The Labute approximate surface area is 107 Å². The maximum Gasteiger partial charge on any atom is 0.323 e. The fourth-order valence-corrected chi connectivity index (χ4v) is 1.65. The van der Waals surface area contributed by atoms with Crippen molar-refractivity contribution in [2.45, 2.75) is 33.2 Å². The Hall–Kier alpha value is -2.09. The molecule has 0 saturated carbocycles. The topological polar surface area (TPSA) is 77.2 Å². The lowest BCUT2D eigenvalue weighted by Crippen LogP contribution is -2.38. The molecule has 0 aliphatic rings. The number of carboxylic acid groups (broad SMARTS) is 1. The van der Waals surface area contributed by atoms with Crippen LogP contribution in [0.2, 0.25) is 0 Å². The lowest BCUT2D eigenvalue weighted by Gasteiger charge is -2.28. The largest absolute Gasteiger partial charge is 0.480 e. The summed E-state index contributed by atoms with van der Waals surface area (Å²) < 4.78 is 0. The van der Waals surface area contributed by atoms with Crippen LogP contribution in [0.15, 0.2) is 12.1 Å². The van der Waals surface area contributed by atoms with Crippen LogP contribution in [0.1, 0.15) is 31.5 Å². The zero-order valence-corrected chi connectivity index (χ0v) is 10.8. The molecular weight excluding hydrogens is 230 g/mol. The monoisotopic (exact) mass is 247 g/mol. The van der Waals surface area contributed by atoms with E-state index in [4.69, 9.17) is 10.4 Å². The van der Waals surface area contributed by atoms with Crippen LogP contribution in [0.3, 0.4) is 0 Å². The second-order valence-electron chi connectivity index (χ2n) is 4.21. The van der Waals surface area contributed by atoms with E-state index in [9.17, 15) is 4.79 Å². The number of carboxylic acids is 1. The van der Waals surface area contributed by atoms with Crippen LogP contribution in [-0.2, 0) is 4.79 Å². The summed E-state index contributed by atoms with van der Waals surface area (Å²) in [5.74, 6) is -0.475. The third kappa shape index (κ3) is 3.20. The minimum Gasteiger partial charge on any atom is -0.480 e. The molecular formula is C13H17N3O2. The van der Waals surface area contributed by atoms with E-state index in [0.29, 0.717) is 11.4 Å². The van der Waals surface area contributed by atoms with Gasteiger partial charge in [0.1, 0.15) is 18.4 Å². The lowest BCUT2D eigenvalue weighted by atomic mass is 10.1. The average Bonchev–Trinajstić information content (AvgIpc) is 2.34. The van der Waals surface area contributed by atoms with Gasteiger partial charge in [-0.3, -0.25) is 4.79 Å². The molecule has 5 heteroatoms. The van der Waals surface area contributed by atoms with Gasteiger partial charge in [0, 0.05) is 11.7 Å². The second-order valence-corrected chi connectivity index (χ2v) is 4.21. The number of aromatic nitrogens is 1. The van der Waals surface area contributed by atoms with Crippen LogP contribution in [0.5, 0.6) is 0 Å². The van der Waals surface area contributed by atoms with E-state index in [1.807, 2.05) is 20.8 Å². The van der Waals surface area contributed by atoms with Crippen LogP contribution in [0.25, 0.3) is 0 Å². The summed E-state index contributed by atoms with van der Waals surface area (Å²) >= 11 is 0. The second kappa shape index (κ2) is 6.01. The van der Waals surface area contributed by atoms with Crippen LogP contribution in [0.4, 0.5) is 5.82 Å². The summed E-state index contributed by atoms with van der Waals surface area (Å²) in [4.78, 5) is 16.9. The Morgan fingerprint density at radius 2 is 2.28 bits per heavy atom. The van der Waals surface area contributed by atoms with Gasteiger partial charge in [-0.1, -0.05) is 6.92 Å². The Morgan fingerprint density at radius 3 is 2.78 bits per heavy atom. The minimum atomic E-state index is -0.928. The number of rotatable bonds is 5. The normalized spacial score (nSPS) is 11.7. The molecule has 0 fully saturated rings. The Kier molecular flexibility index (Phi) is 4.67. The maximum absolute atomic E-state index is 10.9. The van der Waals surface area contributed by atoms with Gasteiger partial charge in [-0.2, -0.15) is 5.26 Å². The van der Waals surface area contributed by atoms with Gasteiger partial charge >= 0.3 is 5.97 Å². The van der Waals surface area contributed by atoms with Crippen molar-refractivity contribution in [2.24, 2.45) is 0 Å². The number of carbonyl (C=O) groups is 1. The first kappa shape index (κ1) is 14.0. The summed E-state index contributed by atoms with van der Waals surface area (Å²) in [6.45, 7) is 5.57. The van der Waals surface area contributed by atoms with E-state index < -0.39 is 5.97 Å². The third-order valence-corrected chi connectivity index (χ3v) is 2.84. The predicted molar refractivity (Wildman–Crippen MR) is 68.4 cm³/mol. The van der Waals surface area contributed by atoms with E-state index in [1.54, 1.807) is 17.0 Å². The van der Waals surface area contributed by atoms with Gasteiger partial charge in [-0.15, -0.1) is 0 Å². The molecule has 18 heavy (non-hydrogen) atoms. The number of aryl methyl sites for hydroxylation is 1. The zero-order valence-electron chi connectivity index (χ0n) is 10.8. The van der Waals surface area contributed by atoms with E-state index in [2.05, 4.69) is 11.1 Å². The number of hydrogen-bond acceptors (Lipinski definition) is 4. The lowest BCUT2D eigenvalue weighted by molar-refractivity contribution is -0.135. The summed E-state index contributed by atoms with van der Waals surface area (Å²) in [6.07, 6.45) is 0.785. The molecule has 1 aromatic rings. The van der Waals surface area contributed by atoms with Crippen LogP contribution in [0, 0.1) is 18.3 Å². The molecule has 1 atom stereocenters. The molecule has 1 rings (SSSR count). The molecule has 96 valence electrons. The number of nitriles is 1. The molecule has 1 N–H and O–H groups in total. The van der Waals surface area contributed by atoms with Gasteiger partial charge in [0.2, 0.25) is 0 Å². The van der Waals surface area contributed by atoms with Crippen LogP contribution in [-0.4, -0.2) is 28.6 Å². The first-order valence-electron chi connectivity index (χ1n) is 5.85. The highest BCUT2D eigenvalue weighted by atomic mass is 16.4. The van der Waals surface area contributed by atoms with E-state index in [-0.39, 0.29) is 12.6 Å². The summed E-state index contributed by atoms with van der Waals surface area (Å²) in [7, 11) is 0. The summed E-state index contributed by atoms with van der Waals surface area (Å²) in [5, 5.41) is 18.1. The fourth-order valence-electron chi connectivity index (χ4n) is 1.65. The van der Waals surface area contributed by atoms with Crippen molar-refractivity contribution < 1.29 is 9.90 Å². The van der Waals surface area contributed by atoms with Gasteiger partial charge in [0.15, 0.2) is 0 Å². The van der Waals surface area contributed by atoms with E-state index in [1.165, 1.54) is 0 Å². The Balaban J connectivity index is 3.23. The van der Waals surface area contributed by atoms with Gasteiger partial charge in [0.25, 0.3) is 0 Å². The molecule has 0 amide bonds. The highest BCUT2D eigenvalue weighted by Gasteiger charge is 2.20. The third-order valence-electron chi connectivity index (χ3n) is 2.84. The number of hydrogen-bond donors (Lipinski definition) is 1. The highest BCUT2D eigenvalue weighted by Crippen LogP contribution is 2.21. The summed E-state index contributed by atoms with van der Waals surface area (Å²) in [5.41, 5.74) is 1.17.